The van der Waals surface area contributed by atoms with Crippen molar-refractivity contribution in [3.05, 3.63) is 83.1 Å². The Hall–Kier alpha value is -2.24. The van der Waals surface area contributed by atoms with E-state index in [0.717, 1.165) is 10.0 Å². The standard InChI is InChI=1S/C20H12BrFO2S/c21-14-8-6-13(7-9-14)19-20(25(23)16-4-2-1-3-5-16)17-12-15(22)10-11-18(17)24-19/h1-12H/t25-/m1/s1. The molecule has 0 bridgehead atoms. The molecule has 4 rings (SSSR count). The van der Waals surface area contributed by atoms with Crippen molar-refractivity contribution in [3.63, 3.8) is 0 Å². The summed E-state index contributed by atoms with van der Waals surface area (Å²) >= 11 is 3.41. The van der Waals surface area contributed by atoms with E-state index in [1.54, 1.807) is 18.2 Å². The molecule has 3 aromatic carbocycles. The molecule has 0 amide bonds. The van der Waals surface area contributed by atoms with Crippen LogP contribution in [0.25, 0.3) is 22.3 Å². The van der Waals surface area contributed by atoms with Crippen molar-refractivity contribution in [2.45, 2.75) is 9.79 Å². The third-order valence-electron chi connectivity index (χ3n) is 3.85. The summed E-state index contributed by atoms with van der Waals surface area (Å²) in [4.78, 5) is 1.14. The van der Waals surface area contributed by atoms with E-state index in [4.69, 9.17) is 4.42 Å². The first kappa shape index (κ1) is 16.2. The molecule has 25 heavy (non-hydrogen) atoms. The van der Waals surface area contributed by atoms with Crippen molar-refractivity contribution in [3.8, 4) is 11.3 Å². The average Bonchev–Trinajstić information content (AvgIpc) is 3.01. The predicted octanol–water partition coefficient (Wildman–Crippen LogP) is 6.17. The Bertz CT molecular complexity index is 1070. The number of hydrogen-bond acceptors (Lipinski definition) is 2. The Kier molecular flexibility index (Phi) is 4.27. The van der Waals surface area contributed by atoms with Crippen LogP contribution in [-0.2, 0) is 10.8 Å². The van der Waals surface area contributed by atoms with Gasteiger partial charge in [0.05, 0.1) is 15.7 Å². The summed E-state index contributed by atoms with van der Waals surface area (Å²) in [5.74, 6) is 0.109. The third kappa shape index (κ3) is 3.05. The van der Waals surface area contributed by atoms with Crippen LogP contribution in [0.15, 0.2) is 91.5 Å². The monoisotopic (exact) mass is 414 g/mol. The minimum absolute atomic E-state index is 0.387. The van der Waals surface area contributed by atoms with Gasteiger partial charge in [0.2, 0.25) is 0 Å². The number of rotatable bonds is 3. The lowest BCUT2D eigenvalue weighted by molar-refractivity contribution is 0.615. The van der Waals surface area contributed by atoms with E-state index in [0.29, 0.717) is 26.5 Å². The van der Waals surface area contributed by atoms with Crippen molar-refractivity contribution in [1.29, 1.82) is 0 Å². The van der Waals surface area contributed by atoms with Crippen molar-refractivity contribution in [2.24, 2.45) is 0 Å². The van der Waals surface area contributed by atoms with Gasteiger partial charge in [-0.3, -0.25) is 0 Å². The second-order valence-electron chi connectivity index (χ2n) is 5.49. The summed E-state index contributed by atoms with van der Waals surface area (Å²) < 4.78 is 33.9. The van der Waals surface area contributed by atoms with Crippen LogP contribution < -0.4 is 0 Å². The van der Waals surface area contributed by atoms with E-state index in [1.807, 2.05) is 42.5 Å². The van der Waals surface area contributed by atoms with Gasteiger partial charge in [-0.05, 0) is 42.5 Å². The Morgan fingerprint density at radius 2 is 1.64 bits per heavy atom. The molecule has 0 N–H and O–H groups in total. The molecule has 1 atom stereocenters. The van der Waals surface area contributed by atoms with Crippen LogP contribution in [0.5, 0.6) is 0 Å². The molecule has 0 radical (unpaired) electrons. The number of halogens is 2. The van der Waals surface area contributed by atoms with Crippen LogP contribution in [-0.4, -0.2) is 4.21 Å². The molecule has 0 aliphatic rings. The highest BCUT2D eigenvalue weighted by atomic mass is 79.9. The van der Waals surface area contributed by atoms with Crippen molar-refractivity contribution in [2.75, 3.05) is 0 Å². The number of furan rings is 1. The minimum atomic E-state index is -1.49. The molecule has 1 heterocycles. The molecule has 0 unspecified atom stereocenters. The first-order valence-electron chi connectivity index (χ1n) is 7.58. The lowest BCUT2D eigenvalue weighted by Crippen LogP contribution is -1.94. The fourth-order valence-corrected chi connectivity index (χ4v) is 4.28. The molecular weight excluding hydrogens is 403 g/mol. The van der Waals surface area contributed by atoms with Crippen molar-refractivity contribution < 1.29 is 13.0 Å². The second kappa shape index (κ2) is 6.58. The molecule has 1 aromatic heterocycles. The molecule has 4 aromatic rings. The summed E-state index contributed by atoms with van der Waals surface area (Å²) in [6.07, 6.45) is 0. The van der Waals surface area contributed by atoms with Gasteiger partial charge >= 0.3 is 0 Å². The molecule has 0 saturated heterocycles. The molecule has 2 nitrogen and oxygen atoms in total. The topological polar surface area (TPSA) is 30.2 Å². The van der Waals surface area contributed by atoms with Crippen LogP contribution in [0.1, 0.15) is 0 Å². The SMILES string of the molecule is O=[S@](c1ccccc1)c1c(-c2ccc(Br)cc2)oc2ccc(F)cc12. The van der Waals surface area contributed by atoms with Crippen LogP contribution in [0.3, 0.4) is 0 Å². The van der Waals surface area contributed by atoms with E-state index in [1.165, 1.54) is 12.1 Å². The van der Waals surface area contributed by atoms with Gasteiger partial charge in [-0.25, -0.2) is 8.60 Å². The van der Waals surface area contributed by atoms with Gasteiger partial charge in [0.15, 0.2) is 5.76 Å². The Morgan fingerprint density at radius 1 is 0.920 bits per heavy atom. The number of hydrogen-bond donors (Lipinski definition) is 0. The molecular formula is C20H12BrFO2S. The van der Waals surface area contributed by atoms with Crippen molar-refractivity contribution >= 4 is 37.7 Å². The molecule has 0 aliphatic heterocycles. The smallest absolute Gasteiger partial charge is 0.151 e. The Morgan fingerprint density at radius 3 is 2.36 bits per heavy atom. The van der Waals surface area contributed by atoms with E-state index < -0.39 is 10.8 Å². The maximum atomic E-state index is 13.8. The summed E-state index contributed by atoms with van der Waals surface area (Å²) in [6.45, 7) is 0. The largest absolute Gasteiger partial charge is 0.455 e. The van der Waals surface area contributed by atoms with Gasteiger partial charge in [-0.1, -0.05) is 46.3 Å². The van der Waals surface area contributed by atoms with Gasteiger partial charge in [-0.15, -0.1) is 0 Å². The highest BCUT2D eigenvalue weighted by Crippen LogP contribution is 2.38. The second-order valence-corrected chi connectivity index (χ2v) is 7.82. The molecule has 0 spiro atoms. The maximum Gasteiger partial charge on any atom is 0.151 e. The number of benzene rings is 3. The quantitative estimate of drug-likeness (QED) is 0.401. The van der Waals surface area contributed by atoms with Gasteiger partial charge in [-0.2, -0.15) is 0 Å². The van der Waals surface area contributed by atoms with E-state index in [9.17, 15) is 8.60 Å². The highest BCUT2D eigenvalue weighted by Gasteiger charge is 2.22. The number of fused-ring (bicyclic) bond motifs is 1. The first-order chi connectivity index (χ1) is 12.1. The van der Waals surface area contributed by atoms with Gasteiger partial charge < -0.3 is 4.42 Å². The Balaban J connectivity index is 1.99. The van der Waals surface area contributed by atoms with Crippen LogP contribution in [0.4, 0.5) is 4.39 Å². The average molecular weight is 415 g/mol. The zero-order valence-corrected chi connectivity index (χ0v) is 15.3. The minimum Gasteiger partial charge on any atom is -0.455 e. The highest BCUT2D eigenvalue weighted by molar-refractivity contribution is 9.10. The van der Waals surface area contributed by atoms with E-state index in [-0.39, 0.29) is 5.82 Å². The zero-order valence-electron chi connectivity index (χ0n) is 12.9. The Labute approximate surface area is 154 Å². The third-order valence-corrected chi connectivity index (χ3v) is 5.86. The zero-order chi connectivity index (χ0) is 17.4. The molecule has 124 valence electrons. The van der Waals surface area contributed by atoms with Gasteiger partial charge in [0, 0.05) is 20.3 Å². The normalized spacial score (nSPS) is 12.4. The van der Waals surface area contributed by atoms with Crippen LogP contribution in [0, 0.1) is 5.82 Å². The fourth-order valence-electron chi connectivity index (χ4n) is 2.68. The van der Waals surface area contributed by atoms with Crippen molar-refractivity contribution in [1.82, 2.24) is 0 Å². The summed E-state index contributed by atoms with van der Waals surface area (Å²) in [7, 11) is -1.49. The predicted molar refractivity (Wildman–Crippen MR) is 100 cm³/mol. The van der Waals surface area contributed by atoms with E-state index in [2.05, 4.69) is 15.9 Å². The molecule has 0 fully saturated rings. The molecule has 0 saturated carbocycles. The van der Waals surface area contributed by atoms with E-state index >= 15 is 0 Å². The summed E-state index contributed by atoms with van der Waals surface area (Å²) in [6, 6.07) is 20.9. The maximum absolute atomic E-state index is 13.8. The summed E-state index contributed by atoms with van der Waals surface area (Å²) in [5, 5.41) is 0.528. The molecule has 0 aliphatic carbocycles. The first-order valence-corrected chi connectivity index (χ1v) is 9.52. The molecule has 5 heteroatoms. The van der Waals surface area contributed by atoms with Gasteiger partial charge in [0.1, 0.15) is 11.4 Å². The van der Waals surface area contributed by atoms with Crippen LogP contribution >= 0.6 is 15.9 Å². The summed E-state index contributed by atoms with van der Waals surface area (Å²) in [5.41, 5.74) is 1.30. The van der Waals surface area contributed by atoms with Gasteiger partial charge in [0.25, 0.3) is 0 Å². The lowest BCUT2D eigenvalue weighted by atomic mass is 10.1. The fraction of sp³-hybridized carbons (Fsp3) is 0. The lowest BCUT2D eigenvalue weighted by Gasteiger charge is -2.04. The van der Waals surface area contributed by atoms with Crippen LogP contribution in [0.2, 0.25) is 0 Å².